The maximum atomic E-state index is 11.0. The van der Waals surface area contributed by atoms with Crippen LogP contribution in [0, 0.1) is 4.77 Å². The molecular formula is C9H5BrN2O2S2. The summed E-state index contributed by atoms with van der Waals surface area (Å²) in [6, 6.07) is 1.83. The van der Waals surface area contributed by atoms with Gasteiger partial charge in [-0.05, 0) is 34.2 Å². The van der Waals surface area contributed by atoms with Gasteiger partial charge in [0.05, 0.1) is 10.6 Å². The van der Waals surface area contributed by atoms with E-state index in [0.29, 0.717) is 5.69 Å². The number of aromatic nitrogens is 2. The van der Waals surface area contributed by atoms with Crippen LogP contribution in [0.15, 0.2) is 22.1 Å². The molecule has 16 heavy (non-hydrogen) atoms. The minimum absolute atomic E-state index is 0.114. The number of rotatable bonds is 2. The summed E-state index contributed by atoms with van der Waals surface area (Å²) < 4.78 is 1.17. The van der Waals surface area contributed by atoms with Crippen LogP contribution in [-0.2, 0) is 0 Å². The summed E-state index contributed by atoms with van der Waals surface area (Å²) in [4.78, 5) is 18.4. The molecular weight excluding hydrogens is 312 g/mol. The van der Waals surface area contributed by atoms with Crippen molar-refractivity contribution in [1.82, 2.24) is 9.97 Å². The van der Waals surface area contributed by atoms with E-state index < -0.39 is 5.97 Å². The number of hydrogen-bond acceptors (Lipinski definition) is 4. The third-order valence-corrected chi connectivity index (χ3v) is 3.77. The highest BCUT2D eigenvalue weighted by molar-refractivity contribution is 9.10. The lowest BCUT2D eigenvalue weighted by molar-refractivity contribution is 0.0697. The quantitative estimate of drug-likeness (QED) is 0.834. The fourth-order valence-corrected chi connectivity index (χ4v) is 2.79. The fraction of sp³-hybridized carbons (Fsp3) is 0. The summed E-state index contributed by atoms with van der Waals surface area (Å²) in [5.74, 6) is -1.03. The Morgan fingerprint density at radius 3 is 2.94 bits per heavy atom. The van der Waals surface area contributed by atoms with Crippen molar-refractivity contribution in [2.45, 2.75) is 0 Å². The average molecular weight is 317 g/mol. The maximum absolute atomic E-state index is 11.0. The van der Waals surface area contributed by atoms with E-state index >= 15 is 0 Å². The van der Waals surface area contributed by atoms with Gasteiger partial charge in [0.25, 0.3) is 0 Å². The van der Waals surface area contributed by atoms with E-state index in [9.17, 15) is 4.79 Å². The van der Waals surface area contributed by atoms with Crippen molar-refractivity contribution < 1.29 is 9.90 Å². The Morgan fingerprint density at radius 2 is 2.38 bits per heavy atom. The van der Waals surface area contributed by atoms with Crippen LogP contribution in [0.1, 0.15) is 10.4 Å². The Hall–Kier alpha value is -1.05. The number of carboxylic acids is 1. The van der Waals surface area contributed by atoms with Crippen molar-refractivity contribution in [3.63, 3.8) is 0 Å². The number of H-pyrrole nitrogens is 1. The van der Waals surface area contributed by atoms with Gasteiger partial charge < -0.3 is 10.1 Å². The summed E-state index contributed by atoms with van der Waals surface area (Å²) in [6.45, 7) is 0. The van der Waals surface area contributed by atoms with Crippen LogP contribution in [0.25, 0.3) is 10.6 Å². The van der Waals surface area contributed by atoms with Crippen molar-refractivity contribution >= 4 is 45.5 Å². The Balaban J connectivity index is 2.67. The van der Waals surface area contributed by atoms with Crippen LogP contribution in [0.3, 0.4) is 0 Å². The van der Waals surface area contributed by atoms with E-state index in [1.165, 1.54) is 17.5 Å². The van der Waals surface area contributed by atoms with Crippen molar-refractivity contribution in [3.8, 4) is 10.6 Å². The van der Waals surface area contributed by atoms with E-state index in [-0.39, 0.29) is 10.3 Å². The lowest BCUT2D eigenvalue weighted by Crippen LogP contribution is -2.02. The number of nitrogens with one attached hydrogen (secondary N) is 1. The molecule has 0 aliphatic rings. The van der Waals surface area contributed by atoms with Crippen molar-refractivity contribution in [1.29, 1.82) is 0 Å². The van der Waals surface area contributed by atoms with Crippen LogP contribution in [-0.4, -0.2) is 21.0 Å². The van der Waals surface area contributed by atoms with E-state index in [4.69, 9.17) is 17.3 Å². The molecule has 0 spiro atoms. The zero-order valence-corrected chi connectivity index (χ0v) is 10.9. The summed E-state index contributed by atoms with van der Waals surface area (Å²) in [6.07, 6.45) is 1.27. The van der Waals surface area contributed by atoms with Crippen LogP contribution in [0.2, 0.25) is 0 Å². The second-order valence-corrected chi connectivity index (χ2v) is 5.12. The number of nitrogens with zero attached hydrogens (tertiary/aromatic N) is 1. The van der Waals surface area contributed by atoms with Gasteiger partial charge in [0.15, 0.2) is 4.77 Å². The summed E-state index contributed by atoms with van der Waals surface area (Å²) in [5, 5.41) is 10.9. The molecule has 0 aliphatic carbocycles. The molecule has 0 fully saturated rings. The van der Waals surface area contributed by atoms with Gasteiger partial charge in [-0.3, -0.25) is 0 Å². The number of halogens is 1. The Kier molecular flexibility index (Phi) is 3.17. The van der Waals surface area contributed by atoms with Crippen LogP contribution in [0.4, 0.5) is 0 Å². The first-order valence-electron chi connectivity index (χ1n) is 4.15. The summed E-state index contributed by atoms with van der Waals surface area (Å²) in [7, 11) is 0. The van der Waals surface area contributed by atoms with Gasteiger partial charge in [-0.2, -0.15) is 0 Å². The molecule has 0 unspecified atom stereocenters. The smallest absolute Gasteiger partial charge is 0.339 e. The first-order valence-corrected chi connectivity index (χ1v) is 6.23. The highest BCUT2D eigenvalue weighted by Crippen LogP contribution is 2.30. The standard InChI is InChI=1S/C9H5BrN2O2S2/c10-4-1-6(16-3-4)7-5(8(13)14)2-11-9(15)12-7/h1-3H,(H,13,14)(H,11,12,15). The molecule has 0 amide bonds. The molecule has 2 rings (SSSR count). The van der Waals surface area contributed by atoms with Gasteiger partial charge in [0.2, 0.25) is 0 Å². The lowest BCUT2D eigenvalue weighted by Gasteiger charge is -2.02. The summed E-state index contributed by atoms with van der Waals surface area (Å²) >= 11 is 9.63. The van der Waals surface area contributed by atoms with Gasteiger partial charge >= 0.3 is 5.97 Å². The molecule has 2 heterocycles. The predicted octanol–water partition coefficient (Wildman–Crippen LogP) is 3.33. The molecule has 0 radical (unpaired) electrons. The molecule has 2 N–H and O–H groups in total. The molecule has 82 valence electrons. The second-order valence-electron chi connectivity index (χ2n) is 2.91. The number of carbonyl (C=O) groups is 1. The number of carboxylic acid groups (broad SMARTS) is 1. The number of aromatic amines is 1. The molecule has 0 atom stereocenters. The average Bonchev–Trinajstić information content (AvgIpc) is 2.64. The topological polar surface area (TPSA) is 66.0 Å². The van der Waals surface area contributed by atoms with Crippen molar-refractivity contribution in [3.05, 3.63) is 32.5 Å². The number of hydrogen-bond donors (Lipinski definition) is 2. The Morgan fingerprint density at radius 1 is 1.62 bits per heavy atom. The Labute approximate surface area is 108 Å². The van der Waals surface area contributed by atoms with Crippen molar-refractivity contribution in [2.75, 3.05) is 0 Å². The molecule has 2 aromatic rings. The van der Waals surface area contributed by atoms with Crippen LogP contribution < -0.4 is 0 Å². The van der Waals surface area contributed by atoms with E-state index in [0.717, 1.165) is 9.35 Å². The first-order chi connectivity index (χ1) is 7.58. The molecule has 4 nitrogen and oxygen atoms in total. The monoisotopic (exact) mass is 316 g/mol. The molecule has 0 saturated carbocycles. The minimum Gasteiger partial charge on any atom is -0.478 e. The largest absolute Gasteiger partial charge is 0.478 e. The van der Waals surface area contributed by atoms with Crippen LogP contribution >= 0.6 is 39.5 Å². The molecule has 7 heteroatoms. The highest BCUT2D eigenvalue weighted by Gasteiger charge is 2.14. The van der Waals surface area contributed by atoms with Crippen molar-refractivity contribution in [2.24, 2.45) is 0 Å². The molecule has 0 aliphatic heterocycles. The van der Waals surface area contributed by atoms with Gasteiger partial charge in [0, 0.05) is 16.0 Å². The molecule has 0 bridgehead atoms. The molecule has 0 saturated heterocycles. The zero-order chi connectivity index (χ0) is 11.7. The fourth-order valence-electron chi connectivity index (χ4n) is 1.19. The molecule has 0 aromatic carbocycles. The highest BCUT2D eigenvalue weighted by atomic mass is 79.9. The van der Waals surface area contributed by atoms with E-state index in [2.05, 4.69) is 25.9 Å². The number of aromatic carboxylic acids is 1. The second kappa shape index (κ2) is 4.44. The van der Waals surface area contributed by atoms with E-state index in [1.54, 1.807) is 0 Å². The molecule has 2 aromatic heterocycles. The first kappa shape index (κ1) is 11.4. The lowest BCUT2D eigenvalue weighted by atomic mass is 10.2. The van der Waals surface area contributed by atoms with Gasteiger partial charge in [-0.15, -0.1) is 11.3 Å². The summed E-state index contributed by atoms with van der Waals surface area (Å²) in [5.41, 5.74) is 0.603. The third kappa shape index (κ3) is 2.21. The minimum atomic E-state index is -1.03. The maximum Gasteiger partial charge on any atom is 0.339 e. The van der Waals surface area contributed by atoms with Gasteiger partial charge in [-0.1, -0.05) is 0 Å². The Bertz CT molecular complexity index is 606. The number of thiophene rings is 1. The van der Waals surface area contributed by atoms with Gasteiger partial charge in [0.1, 0.15) is 5.56 Å². The normalized spacial score (nSPS) is 10.3. The third-order valence-electron chi connectivity index (χ3n) is 1.86. The SMILES string of the molecule is O=C(O)c1cnc(=S)[nH]c1-c1cc(Br)cs1. The van der Waals surface area contributed by atoms with Crippen LogP contribution in [0.5, 0.6) is 0 Å². The van der Waals surface area contributed by atoms with Gasteiger partial charge in [-0.25, -0.2) is 9.78 Å². The van der Waals surface area contributed by atoms with E-state index in [1.807, 2.05) is 11.4 Å². The predicted molar refractivity (Wildman–Crippen MR) is 67.4 cm³/mol. The zero-order valence-electron chi connectivity index (χ0n) is 7.73.